The molecule has 1 aliphatic carbocycles. The molecular formula is C19H23ClN4OS. The molecule has 0 bridgehead atoms. The number of anilines is 1. The number of benzene rings is 1. The van der Waals surface area contributed by atoms with Crippen LogP contribution in [0.15, 0.2) is 35.8 Å². The predicted octanol–water partition coefficient (Wildman–Crippen LogP) is 3.52. The Hall–Kier alpha value is -1.63. The highest BCUT2D eigenvalue weighted by atomic mass is 35.5. The molecule has 0 atom stereocenters. The van der Waals surface area contributed by atoms with Crippen LogP contribution in [0, 0.1) is 0 Å². The Kier molecular flexibility index (Phi) is 5.16. The standard InChI is InChI=1S/C19H23ClN4OS/c20-15-3-1-2-14(12-15)13-24-9-6-19(7-10-24,17(25)22-16-4-5-16)23-18-21-8-11-26-18/h1-3,8,11-12,16H,4-7,9-10,13H2,(H,21,23)(H,22,25). The van der Waals surface area contributed by atoms with E-state index in [1.165, 1.54) is 5.56 Å². The minimum Gasteiger partial charge on any atom is -0.351 e. The first-order valence-electron chi connectivity index (χ1n) is 9.08. The first-order chi connectivity index (χ1) is 12.6. The summed E-state index contributed by atoms with van der Waals surface area (Å²) in [5.74, 6) is 0.123. The van der Waals surface area contributed by atoms with Crippen LogP contribution in [0.25, 0.3) is 0 Å². The van der Waals surface area contributed by atoms with Crippen molar-refractivity contribution in [3.05, 3.63) is 46.4 Å². The first kappa shape index (κ1) is 17.8. The van der Waals surface area contributed by atoms with Gasteiger partial charge in [0.2, 0.25) is 5.91 Å². The van der Waals surface area contributed by atoms with Crippen LogP contribution < -0.4 is 10.6 Å². The molecule has 2 aromatic rings. The van der Waals surface area contributed by atoms with Crippen LogP contribution in [0.3, 0.4) is 0 Å². The normalized spacial score (nSPS) is 19.9. The molecule has 138 valence electrons. The van der Waals surface area contributed by atoms with Gasteiger partial charge in [0.1, 0.15) is 5.54 Å². The number of hydrogen-bond acceptors (Lipinski definition) is 5. The van der Waals surface area contributed by atoms with Crippen molar-refractivity contribution in [2.45, 2.75) is 43.8 Å². The lowest BCUT2D eigenvalue weighted by molar-refractivity contribution is -0.127. The molecule has 1 aliphatic heterocycles. The lowest BCUT2D eigenvalue weighted by Crippen LogP contribution is -2.58. The number of hydrogen-bond donors (Lipinski definition) is 2. The highest BCUT2D eigenvalue weighted by Gasteiger charge is 2.43. The van der Waals surface area contributed by atoms with Gasteiger partial charge in [-0.1, -0.05) is 23.7 Å². The number of nitrogens with one attached hydrogen (secondary N) is 2. The highest BCUT2D eigenvalue weighted by Crippen LogP contribution is 2.31. The molecule has 1 aromatic carbocycles. The average molecular weight is 391 g/mol. The molecule has 1 aromatic heterocycles. The molecule has 1 saturated carbocycles. The number of nitrogens with zero attached hydrogens (tertiary/aromatic N) is 2. The fraction of sp³-hybridized carbons (Fsp3) is 0.474. The second kappa shape index (κ2) is 7.55. The molecule has 7 heteroatoms. The van der Waals surface area contributed by atoms with E-state index >= 15 is 0 Å². The third-order valence-corrected chi connectivity index (χ3v) is 6.05. The smallest absolute Gasteiger partial charge is 0.246 e. The summed E-state index contributed by atoms with van der Waals surface area (Å²) in [5.41, 5.74) is 0.644. The fourth-order valence-electron chi connectivity index (χ4n) is 3.44. The van der Waals surface area contributed by atoms with Gasteiger partial charge in [-0.3, -0.25) is 9.69 Å². The van der Waals surface area contributed by atoms with Crippen molar-refractivity contribution in [3.63, 3.8) is 0 Å². The minimum atomic E-state index is -0.564. The number of rotatable bonds is 6. The first-order valence-corrected chi connectivity index (χ1v) is 10.3. The lowest BCUT2D eigenvalue weighted by atomic mass is 9.86. The van der Waals surface area contributed by atoms with Crippen molar-refractivity contribution in [3.8, 4) is 0 Å². The second-order valence-electron chi connectivity index (χ2n) is 7.20. The summed E-state index contributed by atoms with van der Waals surface area (Å²) in [6, 6.07) is 8.35. The number of aromatic nitrogens is 1. The van der Waals surface area contributed by atoms with Crippen molar-refractivity contribution >= 4 is 34.0 Å². The summed E-state index contributed by atoms with van der Waals surface area (Å²) in [6.45, 7) is 2.59. The Morgan fingerprint density at radius 3 is 2.81 bits per heavy atom. The Bertz CT molecular complexity index is 755. The van der Waals surface area contributed by atoms with Gasteiger partial charge >= 0.3 is 0 Å². The van der Waals surface area contributed by atoms with Crippen LogP contribution in [-0.2, 0) is 11.3 Å². The van der Waals surface area contributed by atoms with E-state index in [-0.39, 0.29) is 5.91 Å². The molecule has 2 fully saturated rings. The van der Waals surface area contributed by atoms with Crippen molar-refractivity contribution < 1.29 is 4.79 Å². The van der Waals surface area contributed by atoms with Gasteiger partial charge in [0.25, 0.3) is 0 Å². The van der Waals surface area contributed by atoms with E-state index in [0.29, 0.717) is 6.04 Å². The summed E-state index contributed by atoms with van der Waals surface area (Å²) >= 11 is 7.64. The maximum Gasteiger partial charge on any atom is 0.246 e. The third kappa shape index (κ3) is 4.19. The topological polar surface area (TPSA) is 57.3 Å². The molecule has 1 saturated heterocycles. The van der Waals surface area contributed by atoms with E-state index in [9.17, 15) is 4.79 Å². The zero-order valence-corrected chi connectivity index (χ0v) is 16.2. The van der Waals surface area contributed by atoms with Gasteiger partial charge < -0.3 is 10.6 Å². The summed E-state index contributed by atoms with van der Waals surface area (Å²) in [6.07, 6.45) is 5.51. The van der Waals surface area contributed by atoms with Crippen LogP contribution in [0.5, 0.6) is 0 Å². The fourth-order valence-corrected chi connectivity index (χ4v) is 4.28. The largest absolute Gasteiger partial charge is 0.351 e. The molecule has 2 N–H and O–H groups in total. The molecular weight excluding hydrogens is 368 g/mol. The summed E-state index contributed by atoms with van der Waals surface area (Å²) in [4.78, 5) is 19.7. The Labute approximate surface area is 162 Å². The van der Waals surface area contributed by atoms with Crippen LogP contribution in [0.2, 0.25) is 5.02 Å². The van der Waals surface area contributed by atoms with Gasteiger partial charge in [0.15, 0.2) is 5.13 Å². The lowest BCUT2D eigenvalue weighted by Gasteiger charge is -2.41. The van der Waals surface area contributed by atoms with E-state index in [1.54, 1.807) is 17.5 Å². The quantitative estimate of drug-likeness (QED) is 0.792. The number of halogens is 1. The molecule has 2 aliphatic rings. The number of carbonyl (C=O) groups is 1. The monoisotopic (exact) mass is 390 g/mol. The van der Waals surface area contributed by atoms with Gasteiger partial charge in [0.05, 0.1) is 0 Å². The van der Waals surface area contributed by atoms with Crippen molar-refractivity contribution in [1.82, 2.24) is 15.2 Å². The number of carbonyl (C=O) groups excluding carboxylic acids is 1. The highest BCUT2D eigenvalue weighted by molar-refractivity contribution is 7.13. The molecule has 0 unspecified atom stereocenters. The van der Waals surface area contributed by atoms with E-state index in [1.807, 2.05) is 23.6 Å². The number of piperidine rings is 1. The van der Waals surface area contributed by atoms with Crippen molar-refractivity contribution in [2.75, 3.05) is 18.4 Å². The SMILES string of the molecule is O=C(NC1CC1)C1(Nc2nccs2)CCN(Cc2cccc(Cl)c2)CC1. The number of thiazole rings is 1. The van der Waals surface area contributed by atoms with Crippen molar-refractivity contribution in [2.24, 2.45) is 0 Å². The second-order valence-corrected chi connectivity index (χ2v) is 8.53. The van der Waals surface area contributed by atoms with Gasteiger partial charge in [-0.15, -0.1) is 11.3 Å². The van der Waals surface area contributed by atoms with Gasteiger partial charge in [-0.25, -0.2) is 4.98 Å². The van der Waals surface area contributed by atoms with Crippen LogP contribution in [0.1, 0.15) is 31.2 Å². The molecule has 1 amide bonds. The number of amides is 1. The molecule has 0 radical (unpaired) electrons. The van der Waals surface area contributed by atoms with Crippen LogP contribution >= 0.6 is 22.9 Å². The average Bonchev–Trinajstić information content (AvgIpc) is 3.30. The number of likely N-dealkylation sites (tertiary alicyclic amines) is 1. The summed E-state index contributed by atoms with van der Waals surface area (Å²) in [7, 11) is 0. The summed E-state index contributed by atoms with van der Waals surface area (Å²) in [5, 5.41) is 10.2. The Morgan fingerprint density at radius 1 is 1.35 bits per heavy atom. The van der Waals surface area contributed by atoms with Crippen molar-refractivity contribution in [1.29, 1.82) is 0 Å². The third-order valence-electron chi connectivity index (χ3n) is 5.13. The molecule has 2 heterocycles. The Balaban J connectivity index is 1.43. The van der Waals surface area contributed by atoms with Crippen LogP contribution in [-0.4, -0.2) is 40.5 Å². The van der Waals surface area contributed by atoms with Gasteiger partial charge in [-0.2, -0.15) is 0 Å². The van der Waals surface area contributed by atoms with Gasteiger partial charge in [-0.05, 0) is 43.4 Å². The van der Waals surface area contributed by atoms with E-state index < -0.39 is 5.54 Å². The van der Waals surface area contributed by atoms with Gasteiger partial charge in [0, 0.05) is 42.3 Å². The maximum atomic E-state index is 13.0. The summed E-state index contributed by atoms with van der Waals surface area (Å²) < 4.78 is 0. The zero-order valence-electron chi connectivity index (χ0n) is 14.6. The Morgan fingerprint density at radius 2 is 2.15 bits per heavy atom. The van der Waals surface area contributed by atoms with Crippen LogP contribution in [0.4, 0.5) is 5.13 Å². The van der Waals surface area contributed by atoms with E-state index in [0.717, 1.165) is 55.5 Å². The van der Waals surface area contributed by atoms with E-state index in [4.69, 9.17) is 11.6 Å². The minimum absolute atomic E-state index is 0.123. The predicted molar refractivity (Wildman–Crippen MR) is 106 cm³/mol. The van der Waals surface area contributed by atoms with E-state index in [2.05, 4.69) is 26.6 Å². The zero-order chi connectivity index (χ0) is 18.0. The molecule has 5 nitrogen and oxygen atoms in total. The molecule has 26 heavy (non-hydrogen) atoms. The maximum absolute atomic E-state index is 13.0. The molecule has 0 spiro atoms. The molecule has 4 rings (SSSR count).